The molecule has 0 heterocycles. The summed E-state index contributed by atoms with van der Waals surface area (Å²) in [6, 6.07) is 7.15. The minimum Gasteiger partial charge on any atom is -0.458 e. The molecule has 0 spiro atoms. The summed E-state index contributed by atoms with van der Waals surface area (Å²) < 4.78 is 5.70. The molecule has 1 aromatic rings. The fourth-order valence-electron chi connectivity index (χ4n) is 2.61. The molecule has 1 fully saturated rings. The van der Waals surface area contributed by atoms with E-state index in [1.165, 1.54) is 0 Å². The summed E-state index contributed by atoms with van der Waals surface area (Å²) >= 11 is 5.89. The number of halogens is 1. The maximum absolute atomic E-state index is 11.8. The van der Waals surface area contributed by atoms with Gasteiger partial charge in [0.25, 0.3) is 0 Å². The van der Waals surface area contributed by atoms with Gasteiger partial charge in [-0.25, -0.2) is 0 Å². The van der Waals surface area contributed by atoms with Crippen molar-refractivity contribution in [2.75, 3.05) is 0 Å². The second-order valence-electron chi connectivity index (χ2n) is 5.40. The van der Waals surface area contributed by atoms with E-state index in [0.717, 1.165) is 42.7 Å². The van der Waals surface area contributed by atoms with Gasteiger partial charge in [-0.1, -0.05) is 23.7 Å². The topological polar surface area (TPSA) is 52.3 Å². The minimum atomic E-state index is -0.567. The molecule has 4 heteroatoms. The molecule has 1 aromatic carbocycles. The lowest BCUT2D eigenvalue weighted by Gasteiger charge is -2.30. The second-order valence-corrected chi connectivity index (χ2v) is 5.84. The summed E-state index contributed by atoms with van der Waals surface area (Å²) in [6.07, 6.45) is 4.75. The van der Waals surface area contributed by atoms with Crippen LogP contribution in [0.3, 0.4) is 0 Å². The number of carbonyl (C=O) groups excluding carboxylic acids is 1. The van der Waals surface area contributed by atoms with E-state index in [1.54, 1.807) is 6.92 Å². The van der Waals surface area contributed by atoms with Crippen LogP contribution in [-0.4, -0.2) is 17.6 Å². The van der Waals surface area contributed by atoms with Crippen LogP contribution >= 0.6 is 11.6 Å². The van der Waals surface area contributed by atoms with Gasteiger partial charge in [0, 0.05) is 11.4 Å². The first-order valence-electron chi connectivity index (χ1n) is 6.74. The van der Waals surface area contributed by atoms with Crippen molar-refractivity contribution in [1.29, 1.82) is 0 Å². The number of benzene rings is 1. The van der Waals surface area contributed by atoms with Gasteiger partial charge in [0.1, 0.15) is 11.6 Å². The van der Waals surface area contributed by atoms with Crippen molar-refractivity contribution in [1.82, 2.24) is 0 Å². The van der Waals surface area contributed by atoms with Gasteiger partial charge in [0.05, 0.1) is 0 Å². The molecule has 1 aliphatic carbocycles. The van der Waals surface area contributed by atoms with Crippen LogP contribution in [0.25, 0.3) is 0 Å². The van der Waals surface area contributed by atoms with Crippen molar-refractivity contribution >= 4 is 17.6 Å². The molecule has 0 aromatic heterocycles. The Morgan fingerprint density at radius 1 is 1.37 bits per heavy atom. The third kappa shape index (κ3) is 3.71. The highest BCUT2D eigenvalue weighted by molar-refractivity contribution is 6.30. The Labute approximate surface area is 119 Å². The summed E-state index contributed by atoms with van der Waals surface area (Å²) in [4.78, 5) is 11.8. The Bertz CT molecular complexity index is 436. The van der Waals surface area contributed by atoms with E-state index in [-0.39, 0.29) is 11.6 Å². The number of nitrogens with two attached hydrogens (primary N) is 1. The third-order valence-corrected chi connectivity index (χ3v) is 3.90. The van der Waals surface area contributed by atoms with Crippen LogP contribution in [0.1, 0.15) is 38.2 Å². The van der Waals surface area contributed by atoms with E-state index >= 15 is 0 Å². The molecule has 1 atom stereocenters. The summed E-state index contributed by atoms with van der Waals surface area (Å²) in [6.45, 7) is 1.66. The van der Waals surface area contributed by atoms with Crippen LogP contribution in [0.4, 0.5) is 0 Å². The van der Waals surface area contributed by atoms with Crippen LogP contribution in [0.15, 0.2) is 24.3 Å². The molecule has 19 heavy (non-hydrogen) atoms. The predicted octanol–water partition coefficient (Wildman–Crippen LogP) is 3.09. The molecule has 1 unspecified atom stereocenters. The lowest BCUT2D eigenvalue weighted by atomic mass is 9.92. The predicted molar refractivity (Wildman–Crippen MR) is 76.1 cm³/mol. The third-order valence-electron chi connectivity index (χ3n) is 3.64. The maximum atomic E-state index is 11.8. The van der Waals surface area contributed by atoms with Gasteiger partial charge in [0.15, 0.2) is 0 Å². The van der Waals surface area contributed by atoms with E-state index in [0.29, 0.717) is 0 Å². The van der Waals surface area contributed by atoms with Crippen molar-refractivity contribution in [3.05, 3.63) is 34.9 Å². The lowest BCUT2D eigenvalue weighted by Crippen LogP contribution is -2.40. The summed E-state index contributed by atoms with van der Waals surface area (Å²) in [5, 5.41) is 0.719. The molecule has 2 rings (SSSR count). The van der Waals surface area contributed by atoms with Crippen molar-refractivity contribution in [2.24, 2.45) is 5.73 Å². The summed E-state index contributed by atoms with van der Waals surface area (Å²) in [5.41, 5.74) is 6.36. The molecule has 2 N–H and O–H groups in total. The number of esters is 1. The number of rotatable bonds is 4. The molecule has 0 saturated heterocycles. The summed E-state index contributed by atoms with van der Waals surface area (Å²) in [7, 11) is 0. The molecule has 104 valence electrons. The largest absolute Gasteiger partial charge is 0.458 e. The highest BCUT2D eigenvalue weighted by atomic mass is 35.5. The quantitative estimate of drug-likeness (QED) is 0.863. The fourth-order valence-corrected chi connectivity index (χ4v) is 2.74. The van der Waals surface area contributed by atoms with Gasteiger partial charge in [-0.15, -0.1) is 0 Å². The molecule has 3 nitrogen and oxygen atoms in total. The van der Waals surface area contributed by atoms with Crippen LogP contribution in [0.5, 0.6) is 0 Å². The Morgan fingerprint density at radius 2 is 1.95 bits per heavy atom. The molecular formula is C15H20ClNO2. The van der Waals surface area contributed by atoms with Crippen LogP contribution < -0.4 is 5.73 Å². The number of hydrogen-bond donors (Lipinski definition) is 1. The Hall–Kier alpha value is -1.06. The lowest BCUT2D eigenvalue weighted by molar-refractivity contribution is -0.160. The molecule has 0 bridgehead atoms. The van der Waals surface area contributed by atoms with Gasteiger partial charge in [0.2, 0.25) is 0 Å². The van der Waals surface area contributed by atoms with Crippen LogP contribution in [0, 0.1) is 0 Å². The van der Waals surface area contributed by atoms with Gasteiger partial charge >= 0.3 is 5.97 Å². The van der Waals surface area contributed by atoms with Crippen molar-refractivity contribution in [3.63, 3.8) is 0 Å². The van der Waals surface area contributed by atoms with Gasteiger partial charge < -0.3 is 10.5 Å². The fraction of sp³-hybridized carbons (Fsp3) is 0.533. The van der Waals surface area contributed by atoms with E-state index in [4.69, 9.17) is 22.1 Å². The normalized spacial score (nSPS) is 19.1. The van der Waals surface area contributed by atoms with Gasteiger partial charge in [-0.3, -0.25) is 4.79 Å². The Kier molecular flexibility index (Phi) is 4.48. The summed E-state index contributed by atoms with van der Waals surface area (Å²) in [5.74, 6) is -0.309. The number of ether oxygens (including phenoxy) is 1. The van der Waals surface area contributed by atoms with E-state index in [2.05, 4.69) is 0 Å². The smallest absolute Gasteiger partial charge is 0.323 e. The average molecular weight is 282 g/mol. The first-order chi connectivity index (χ1) is 9.01. The van der Waals surface area contributed by atoms with Crippen LogP contribution in [-0.2, 0) is 16.0 Å². The highest BCUT2D eigenvalue weighted by Gasteiger charge is 2.38. The molecule has 0 amide bonds. The molecule has 0 radical (unpaired) electrons. The van der Waals surface area contributed by atoms with E-state index < -0.39 is 6.04 Å². The SMILES string of the molecule is CC(N)C(=O)OC1(Cc2ccc(Cl)cc2)CCCC1. The van der Waals surface area contributed by atoms with Gasteiger partial charge in [-0.2, -0.15) is 0 Å². The van der Waals surface area contributed by atoms with E-state index in [1.807, 2.05) is 24.3 Å². The molecule has 1 saturated carbocycles. The van der Waals surface area contributed by atoms with Crippen molar-refractivity contribution in [3.8, 4) is 0 Å². The van der Waals surface area contributed by atoms with Crippen molar-refractivity contribution in [2.45, 2.75) is 50.7 Å². The van der Waals surface area contributed by atoms with E-state index in [9.17, 15) is 4.79 Å². The first kappa shape index (κ1) is 14.4. The second kappa shape index (κ2) is 5.93. The zero-order valence-electron chi connectivity index (χ0n) is 11.2. The number of carbonyl (C=O) groups is 1. The number of hydrogen-bond acceptors (Lipinski definition) is 3. The van der Waals surface area contributed by atoms with Crippen molar-refractivity contribution < 1.29 is 9.53 Å². The molecule has 1 aliphatic rings. The van der Waals surface area contributed by atoms with Crippen LogP contribution in [0.2, 0.25) is 5.02 Å². The molecular weight excluding hydrogens is 262 g/mol. The first-order valence-corrected chi connectivity index (χ1v) is 7.11. The Morgan fingerprint density at radius 3 is 2.47 bits per heavy atom. The zero-order chi connectivity index (χ0) is 13.9. The minimum absolute atomic E-state index is 0.309. The Balaban J connectivity index is 2.11. The molecule has 0 aliphatic heterocycles. The van der Waals surface area contributed by atoms with Gasteiger partial charge in [-0.05, 0) is 50.3 Å². The highest BCUT2D eigenvalue weighted by Crippen LogP contribution is 2.36. The zero-order valence-corrected chi connectivity index (χ0v) is 12.0. The average Bonchev–Trinajstić information content (AvgIpc) is 2.80. The maximum Gasteiger partial charge on any atom is 0.323 e. The monoisotopic (exact) mass is 281 g/mol. The standard InChI is InChI=1S/C15H20ClNO2/c1-11(17)14(18)19-15(8-2-3-9-15)10-12-4-6-13(16)7-5-12/h4-7,11H,2-3,8-10,17H2,1H3.